The first-order valence-electron chi connectivity index (χ1n) is 10.2. The number of halogens is 5. The minimum atomic E-state index is -4.65. The Bertz CT molecular complexity index is 1410. The third kappa shape index (κ3) is 5.01. The number of carboxylic acid groups (broad SMARTS) is 1. The first kappa shape index (κ1) is 23.9. The van der Waals surface area contributed by atoms with Crippen LogP contribution >= 0.6 is 0 Å². The maximum Gasteiger partial charge on any atom is 0.416 e. The van der Waals surface area contributed by atoms with Crippen LogP contribution in [0.5, 0.6) is 5.75 Å². The highest BCUT2D eigenvalue weighted by Gasteiger charge is 2.32. The summed E-state index contributed by atoms with van der Waals surface area (Å²) < 4.78 is 75.0. The molecule has 0 aliphatic rings. The fourth-order valence-electron chi connectivity index (χ4n) is 3.55. The molecule has 2 aromatic heterocycles. The average molecular weight is 488 g/mol. The fourth-order valence-corrected chi connectivity index (χ4v) is 3.55. The molecule has 0 saturated carbocycles. The molecule has 2 heterocycles. The topological polar surface area (TPSA) is 64.3 Å². The highest BCUT2D eigenvalue weighted by atomic mass is 19.4. The molecule has 0 bridgehead atoms. The van der Waals surface area contributed by atoms with Gasteiger partial charge in [0.1, 0.15) is 29.8 Å². The summed E-state index contributed by atoms with van der Waals surface area (Å²) in [5, 5.41) is 9.28. The second kappa shape index (κ2) is 9.21. The zero-order valence-electron chi connectivity index (χ0n) is 18.1. The van der Waals surface area contributed by atoms with Crippen LogP contribution in [0.15, 0.2) is 66.7 Å². The number of hydrogen-bond donors (Lipinski definition) is 1. The van der Waals surface area contributed by atoms with Crippen molar-refractivity contribution in [3.63, 3.8) is 0 Å². The number of nitrogens with zero attached hydrogens (tertiary/aromatic N) is 2. The Hall–Kier alpha value is -4.21. The minimum absolute atomic E-state index is 0.00969. The molecule has 0 aliphatic heterocycles. The summed E-state index contributed by atoms with van der Waals surface area (Å²) in [6.07, 6.45) is -4.65. The fraction of sp³-hybridized carbons (Fsp3) is 0.120. The summed E-state index contributed by atoms with van der Waals surface area (Å²) in [6.45, 7) is 1.32. The first-order chi connectivity index (χ1) is 16.5. The van der Waals surface area contributed by atoms with Crippen LogP contribution < -0.4 is 4.74 Å². The van der Waals surface area contributed by atoms with Crippen molar-refractivity contribution in [2.24, 2.45) is 0 Å². The van der Waals surface area contributed by atoms with Crippen LogP contribution in [0.2, 0.25) is 0 Å². The molecule has 4 rings (SSSR count). The zero-order chi connectivity index (χ0) is 25.3. The van der Waals surface area contributed by atoms with Crippen molar-refractivity contribution in [2.45, 2.75) is 19.7 Å². The average Bonchev–Trinajstić information content (AvgIpc) is 3.19. The van der Waals surface area contributed by atoms with Gasteiger partial charge in [-0.25, -0.2) is 18.6 Å². The number of pyridine rings is 1. The van der Waals surface area contributed by atoms with Gasteiger partial charge < -0.3 is 9.84 Å². The van der Waals surface area contributed by atoms with Crippen LogP contribution in [-0.2, 0) is 12.8 Å². The molecule has 0 unspecified atom stereocenters. The molecule has 2 aromatic carbocycles. The number of ether oxygens (including phenoxy) is 1. The third-order valence-electron chi connectivity index (χ3n) is 5.24. The van der Waals surface area contributed by atoms with E-state index in [2.05, 4.69) is 4.98 Å². The van der Waals surface area contributed by atoms with E-state index in [0.29, 0.717) is 11.8 Å². The third-order valence-corrected chi connectivity index (χ3v) is 5.24. The van der Waals surface area contributed by atoms with Crippen LogP contribution in [0.1, 0.15) is 27.3 Å². The van der Waals surface area contributed by atoms with Gasteiger partial charge in [0, 0.05) is 22.9 Å². The first-order valence-corrected chi connectivity index (χ1v) is 10.2. The van der Waals surface area contributed by atoms with Crippen LogP contribution in [0.4, 0.5) is 22.0 Å². The predicted octanol–water partition coefficient (Wildman–Crippen LogP) is 6.42. The van der Waals surface area contributed by atoms with E-state index in [4.69, 9.17) is 4.74 Å². The van der Waals surface area contributed by atoms with Crippen molar-refractivity contribution in [1.29, 1.82) is 0 Å². The van der Waals surface area contributed by atoms with E-state index in [9.17, 15) is 31.9 Å². The predicted molar refractivity (Wildman–Crippen MR) is 116 cm³/mol. The lowest BCUT2D eigenvalue weighted by Crippen LogP contribution is -2.09. The summed E-state index contributed by atoms with van der Waals surface area (Å²) >= 11 is 0. The molecule has 10 heteroatoms. The van der Waals surface area contributed by atoms with Gasteiger partial charge in [0.25, 0.3) is 0 Å². The molecular weight excluding hydrogens is 471 g/mol. The normalized spacial score (nSPS) is 11.5. The van der Waals surface area contributed by atoms with Crippen molar-refractivity contribution >= 4 is 5.97 Å². The monoisotopic (exact) mass is 488 g/mol. The van der Waals surface area contributed by atoms with Gasteiger partial charge in [-0.2, -0.15) is 13.2 Å². The van der Waals surface area contributed by atoms with Gasteiger partial charge >= 0.3 is 12.1 Å². The Kier molecular flexibility index (Phi) is 6.29. The quantitative estimate of drug-likeness (QED) is 0.318. The van der Waals surface area contributed by atoms with Crippen LogP contribution in [-0.4, -0.2) is 20.6 Å². The standard InChI is InChI=1S/C25H17F5N2O3/c1-14-5-9-21(32(14)23-4-2-3-20(31-23)24(33)34)18-11-16(25(28,29)30)7-10-22(18)35-13-15-6-8-17(26)12-19(15)27/h2-12H,13H2,1H3,(H,33,34). The maximum absolute atomic E-state index is 14.1. The van der Waals surface area contributed by atoms with Gasteiger partial charge in [0.2, 0.25) is 0 Å². The SMILES string of the molecule is Cc1ccc(-c2cc(C(F)(F)F)ccc2OCc2ccc(F)cc2F)n1-c1cccc(C(=O)O)n1. The Morgan fingerprint density at radius 2 is 1.80 bits per heavy atom. The van der Waals surface area contributed by atoms with Crippen LogP contribution in [0.3, 0.4) is 0 Å². The second-order valence-electron chi connectivity index (χ2n) is 7.61. The highest BCUT2D eigenvalue weighted by molar-refractivity contribution is 5.85. The number of aromatic carboxylic acids is 1. The smallest absolute Gasteiger partial charge is 0.416 e. The van der Waals surface area contributed by atoms with Crippen molar-refractivity contribution in [3.05, 3.63) is 101 Å². The van der Waals surface area contributed by atoms with Crippen molar-refractivity contribution < 1.29 is 36.6 Å². The Morgan fingerprint density at radius 3 is 2.49 bits per heavy atom. The van der Waals surface area contributed by atoms with Gasteiger partial charge in [-0.05, 0) is 61.5 Å². The lowest BCUT2D eigenvalue weighted by molar-refractivity contribution is -0.137. The summed E-state index contributed by atoms with van der Waals surface area (Å²) in [7, 11) is 0. The molecule has 0 fully saturated rings. The number of alkyl halides is 3. The van der Waals surface area contributed by atoms with Crippen LogP contribution in [0, 0.1) is 18.6 Å². The molecule has 0 amide bonds. The van der Waals surface area contributed by atoms with E-state index >= 15 is 0 Å². The summed E-state index contributed by atoms with van der Waals surface area (Å²) in [6, 6.07) is 13.2. The largest absolute Gasteiger partial charge is 0.488 e. The van der Waals surface area contributed by atoms with E-state index in [1.54, 1.807) is 19.1 Å². The molecule has 4 aromatic rings. The van der Waals surface area contributed by atoms with E-state index < -0.39 is 29.3 Å². The molecule has 1 N–H and O–H groups in total. The molecule has 0 aliphatic carbocycles. The molecule has 0 radical (unpaired) electrons. The molecule has 0 spiro atoms. The number of aromatic nitrogens is 2. The van der Waals surface area contributed by atoms with Crippen molar-refractivity contribution in [3.8, 4) is 22.8 Å². The molecule has 35 heavy (non-hydrogen) atoms. The minimum Gasteiger partial charge on any atom is -0.488 e. The van der Waals surface area contributed by atoms with E-state index in [1.165, 1.54) is 28.8 Å². The molecule has 5 nitrogen and oxygen atoms in total. The second-order valence-corrected chi connectivity index (χ2v) is 7.61. The lowest BCUT2D eigenvalue weighted by atomic mass is 10.1. The van der Waals surface area contributed by atoms with E-state index in [1.807, 2.05) is 0 Å². The maximum atomic E-state index is 14.1. The zero-order valence-corrected chi connectivity index (χ0v) is 18.1. The van der Waals surface area contributed by atoms with Crippen molar-refractivity contribution in [2.75, 3.05) is 0 Å². The Labute approximate surface area is 196 Å². The van der Waals surface area contributed by atoms with Gasteiger partial charge in [0.05, 0.1) is 11.3 Å². The van der Waals surface area contributed by atoms with Gasteiger partial charge in [-0.15, -0.1) is 0 Å². The number of aryl methyl sites for hydroxylation is 1. The van der Waals surface area contributed by atoms with Gasteiger partial charge in [-0.1, -0.05) is 6.07 Å². The number of carboxylic acids is 1. The number of benzene rings is 2. The van der Waals surface area contributed by atoms with E-state index in [-0.39, 0.29) is 40.7 Å². The van der Waals surface area contributed by atoms with Gasteiger partial charge in [-0.3, -0.25) is 4.57 Å². The molecule has 0 atom stereocenters. The van der Waals surface area contributed by atoms with Crippen LogP contribution in [0.25, 0.3) is 17.1 Å². The lowest BCUT2D eigenvalue weighted by Gasteiger charge is -2.17. The summed E-state index contributed by atoms with van der Waals surface area (Å²) in [5.41, 5.74) is -0.321. The molecule has 180 valence electrons. The van der Waals surface area contributed by atoms with E-state index in [0.717, 1.165) is 24.3 Å². The molecule has 0 saturated heterocycles. The Balaban J connectivity index is 1.83. The summed E-state index contributed by atoms with van der Waals surface area (Å²) in [4.78, 5) is 15.5. The number of rotatable bonds is 6. The Morgan fingerprint density at radius 1 is 1.03 bits per heavy atom. The number of carbonyl (C=O) groups is 1. The highest BCUT2D eigenvalue weighted by Crippen LogP contribution is 2.39. The summed E-state index contributed by atoms with van der Waals surface area (Å²) in [5.74, 6) is -2.70. The number of hydrogen-bond acceptors (Lipinski definition) is 3. The van der Waals surface area contributed by atoms with Gasteiger partial charge in [0.15, 0.2) is 5.69 Å². The molecular formula is C25H17F5N2O3. The van der Waals surface area contributed by atoms with Crippen molar-refractivity contribution in [1.82, 2.24) is 9.55 Å².